The van der Waals surface area contributed by atoms with Crippen LogP contribution in [-0.4, -0.2) is 96.7 Å². The normalized spacial score (nSPS) is 13.6. The number of ether oxygens (including phenoxy) is 4. The lowest BCUT2D eigenvalue weighted by atomic mass is 10.0. The van der Waals surface area contributed by atoms with Crippen molar-refractivity contribution in [1.29, 1.82) is 0 Å². The maximum absolute atomic E-state index is 13.2. The maximum Gasteiger partial charge on any atom is 0.472 e. The van der Waals surface area contributed by atoms with Gasteiger partial charge in [0, 0.05) is 25.7 Å². The van der Waals surface area contributed by atoms with Crippen molar-refractivity contribution in [3.63, 3.8) is 0 Å². The predicted octanol–water partition coefficient (Wildman–Crippen LogP) is 29.9. The first-order chi connectivity index (χ1) is 55.5. The molecule has 0 aromatic rings. The van der Waals surface area contributed by atoms with Crippen molar-refractivity contribution in [2.24, 2.45) is 5.92 Å². The molecule has 0 aliphatic heterocycles. The van der Waals surface area contributed by atoms with Crippen molar-refractivity contribution in [3.8, 4) is 0 Å². The fourth-order valence-electron chi connectivity index (χ4n) is 15.1. The number of hydrogen-bond donors (Lipinski definition) is 3. The summed E-state index contributed by atoms with van der Waals surface area (Å²) in [5.41, 5.74) is 0. The van der Waals surface area contributed by atoms with Crippen LogP contribution in [0.15, 0.2) is 0 Å². The second-order valence-electron chi connectivity index (χ2n) is 34.6. The van der Waals surface area contributed by atoms with Crippen molar-refractivity contribution in [2.45, 2.75) is 541 Å². The van der Waals surface area contributed by atoms with E-state index in [0.29, 0.717) is 25.7 Å². The number of phosphoric acid groups is 2. The third kappa shape index (κ3) is 87.9. The van der Waals surface area contributed by atoms with Gasteiger partial charge in [0.1, 0.15) is 19.3 Å². The van der Waals surface area contributed by atoms with Crippen molar-refractivity contribution in [3.05, 3.63) is 0 Å². The van der Waals surface area contributed by atoms with Crippen LogP contribution in [-0.2, 0) is 65.4 Å². The van der Waals surface area contributed by atoms with E-state index >= 15 is 0 Å². The molecule has 114 heavy (non-hydrogen) atoms. The topological polar surface area (TPSA) is 237 Å². The highest BCUT2D eigenvalue weighted by Crippen LogP contribution is 2.45. The first-order valence-electron chi connectivity index (χ1n) is 49.1. The van der Waals surface area contributed by atoms with Crippen molar-refractivity contribution >= 4 is 39.5 Å². The van der Waals surface area contributed by atoms with Gasteiger partial charge in [0.25, 0.3) is 0 Å². The van der Waals surface area contributed by atoms with Crippen LogP contribution in [0.2, 0.25) is 0 Å². The van der Waals surface area contributed by atoms with Crippen molar-refractivity contribution in [2.75, 3.05) is 39.6 Å². The van der Waals surface area contributed by atoms with Crippen LogP contribution >= 0.6 is 15.6 Å². The second kappa shape index (κ2) is 87.4. The second-order valence-corrected chi connectivity index (χ2v) is 37.5. The zero-order chi connectivity index (χ0) is 83.3. The van der Waals surface area contributed by atoms with Gasteiger partial charge in [-0.05, 0) is 31.6 Å². The molecule has 0 aliphatic rings. The summed E-state index contributed by atoms with van der Waals surface area (Å²) in [4.78, 5) is 73.6. The molecular weight excluding hydrogens is 1470 g/mol. The van der Waals surface area contributed by atoms with E-state index in [9.17, 15) is 43.2 Å². The fraction of sp³-hybridized carbons (Fsp3) is 0.958. The smallest absolute Gasteiger partial charge is 0.462 e. The average Bonchev–Trinajstić information content (AvgIpc) is 0.897. The summed E-state index contributed by atoms with van der Waals surface area (Å²) in [5.74, 6) is -1.28. The molecule has 5 atom stereocenters. The Kier molecular flexibility index (Phi) is 85.9. The zero-order valence-electron chi connectivity index (χ0n) is 75.2. The summed E-state index contributed by atoms with van der Waals surface area (Å²) in [6.07, 6.45) is 84.9. The van der Waals surface area contributed by atoms with Crippen LogP contribution < -0.4 is 0 Å². The van der Waals surface area contributed by atoms with Gasteiger partial charge in [-0.3, -0.25) is 37.3 Å². The lowest BCUT2D eigenvalue weighted by Gasteiger charge is -2.21. The average molecular weight is 1660 g/mol. The van der Waals surface area contributed by atoms with Crippen LogP contribution in [0.25, 0.3) is 0 Å². The summed E-state index contributed by atoms with van der Waals surface area (Å²) < 4.78 is 69.2. The van der Waals surface area contributed by atoms with Crippen LogP contribution in [0.3, 0.4) is 0 Å². The number of hydrogen-bond acceptors (Lipinski definition) is 15. The van der Waals surface area contributed by atoms with E-state index in [1.54, 1.807) is 0 Å². The quantitative estimate of drug-likeness (QED) is 0.0222. The van der Waals surface area contributed by atoms with E-state index in [1.165, 1.54) is 347 Å². The molecule has 0 fully saturated rings. The molecule has 0 bridgehead atoms. The minimum absolute atomic E-state index is 0.109. The van der Waals surface area contributed by atoms with Gasteiger partial charge < -0.3 is 33.8 Å². The highest BCUT2D eigenvalue weighted by atomic mass is 31.2. The van der Waals surface area contributed by atoms with Gasteiger partial charge in [0.2, 0.25) is 0 Å². The first-order valence-corrected chi connectivity index (χ1v) is 52.1. The molecule has 3 N–H and O–H groups in total. The number of carbonyl (C=O) groups excluding carboxylic acids is 4. The number of carbonyl (C=O) groups is 4. The Hall–Kier alpha value is -1.94. The maximum atomic E-state index is 13.2. The summed E-state index contributed by atoms with van der Waals surface area (Å²) in [7, 11) is -9.94. The molecule has 678 valence electrons. The molecule has 0 saturated carbocycles. The Labute approximate surface area is 702 Å². The van der Waals surface area contributed by atoms with Crippen LogP contribution in [0.5, 0.6) is 0 Å². The molecule has 0 aliphatic carbocycles. The standard InChI is InChI=1S/C95H186O17P2/c1-6-9-12-15-18-21-24-27-29-31-33-35-36-38-40-45-50-55-60-65-70-75-80-94(99)112-91(85-106-93(98)79-74-69-64-59-54-49-44-39-37-34-32-30-28-25-22-19-16-13-10-7-2)87-110-114(103,104)108-83-89(96)82-107-113(101,102)109-86-90(84-105-92(97)78-73-68-63-58-53-47-26-23-20-17-14-11-8-3)111-95(100)81-76-71-66-61-56-51-46-42-41-43-48-52-57-62-67-72-77-88(4)5/h88-91,96H,6-87H2,1-5H3,(H,101,102)(H,103,104)/t89-,90+,91+/m0/s1. The van der Waals surface area contributed by atoms with E-state index in [4.69, 9.17) is 37.0 Å². The predicted molar refractivity (Wildman–Crippen MR) is 474 cm³/mol. The summed E-state index contributed by atoms with van der Waals surface area (Å²) in [5, 5.41) is 10.7. The first kappa shape index (κ1) is 112. The molecule has 0 saturated heterocycles. The number of unbranched alkanes of at least 4 members (excludes halogenated alkanes) is 67. The molecule has 0 aromatic carbocycles. The molecule has 2 unspecified atom stereocenters. The van der Waals surface area contributed by atoms with Gasteiger partial charge in [-0.1, -0.05) is 471 Å². The largest absolute Gasteiger partial charge is 0.472 e. The molecule has 0 rings (SSSR count). The van der Waals surface area contributed by atoms with Crippen LogP contribution in [0.1, 0.15) is 523 Å². The minimum Gasteiger partial charge on any atom is -0.462 e. The number of aliphatic hydroxyl groups is 1. The van der Waals surface area contributed by atoms with Gasteiger partial charge in [-0.15, -0.1) is 0 Å². The molecular formula is C95H186O17P2. The number of phosphoric ester groups is 2. The van der Waals surface area contributed by atoms with E-state index in [-0.39, 0.29) is 25.7 Å². The number of rotatable bonds is 95. The molecule has 0 spiro atoms. The Balaban J connectivity index is 5.25. The van der Waals surface area contributed by atoms with Crippen molar-refractivity contribution in [1.82, 2.24) is 0 Å². The minimum atomic E-state index is -4.97. The summed E-state index contributed by atoms with van der Waals surface area (Å²) in [6.45, 7) is 7.45. The lowest BCUT2D eigenvalue weighted by molar-refractivity contribution is -0.161. The van der Waals surface area contributed by atoms with Gasteiger partial charge in [-0.2, -0.15) is 0 Å². The van der Waals surface area contributed by atoms with E-state index in [2.05, 4.69) is 34.6 Å². The molecule has 17 nitrogen and oxygen atoms in total. The lowest BCUT2D eigenvalue weighted by Crippen LogP contribution is -2.30. The van der Waals surface area contributed by atoms with Gasteiger partial charge in [0.15, 0.2) is 12.2 Å². The third-order valence-corrected chi connectivity index (χ3v) is 24.4. The van der Waals surface area contributed by atoms with Crippen LogP contribution in [0, 0.1) is 5.92 Å². The molecule has 0 amide bonds. The van der Waals surface area contributed by atoms with Crippen LogP contribution in [0.4, 0.5) is 0 Å². The fourth-order valence-corrected chi connectivity index (χ4v) is 16.6. The van der Waals surface area contributed by atoms with Crippen molar-refractivity contribution < 1.29 is 80.2 Å². The highest BCUT2D eigenvalue weighted by Gasteiger charge is 2.31. The molecule has 19 heteroatoms. The zero-order valence-corrected chi connectivity index (χ0v) is 77.0. The van der Waals surface area contributed by atoms with Gasteiger partial charge >= 0.3 is 39.5 Å². The van der Waals surface area contributed by atoms with E-state index in [0.717, 1.165) is 95.8 Å². The van der Waals surface area contributed by atoms with Gasteiger partial charge in [0.05, 0.1) is 26.4 Å². The summed E-state index contributed by atoms with van der Waals surface area (Å²) in [6, 6.07) is 0. The number of aliphatic hydroxyl groups excluding tert-OH is 1. The molecule has 0 radical (unpaired) electrons. The third-order valence-electron chi connectivity index (χ3n) is 22.5. The van der Waals surface area contributed by atoms with E-state index < -0.39 is 97.5 Å². The Morgan fingerprint density at radius 3 is 0.596 bits per heavy atom. The van der Waals surface area contributed by atoms with Gasteiger partial charge in [-0.25, -0.2) is 9.13 Å². The number of esters is 4. The molecule has 0 aromatic heterocycles. The Morgan fingerprint density at radius 1 is 0.237 bits per heavy atom. The monoisotopic (exact) mass is 1660 g/mol. The Morgan fingerprint density at radius 2 is 0.404 bits per heavy atom. The highest BCUT2D eigenvalue weighted by molar-refractivity contribution is 7.47. The summed E-state index contributed by atoms with van der Waals surface area (Å²) >= 11 is 0. The SMILES string of the molecule is CCCCCCCCCCCCCCCCCCCCCCCCC(=O)O[C@H](COC(=O)CCCCCCCCCCCCCCCCCCCCCC)COP(=O)(O)OC[C@@H](O)COP(=O)(O)OC[C@@H](COC(=O)CCCCCCCCCCCCCCC)OC(=O)CCCCCCCCCCCCCCCCCCC(C)C. The Bertz CT molecular complexity index is 2150. The van der Waals surface area contributed by atoms with E-state index in [1.807, 2.05) is 0 Å². The molecule has 0 heterocycles.